The van der Waals surface area contributed by atoms with Gasteiger partial charge < -0.3 is 5.11 Å². The molecule has 0 saturated carbocycles. The quantitative estimate of drug-likeness (QED) is 0.806. The molecule has 1 nitrogen and oxygen atoms in total. The second-order valence-electron chi connectivity index (χ2n) is 3.37. The fourth-order valence-corrected chi connectivity index (χ4v) is 2.56. The van der Waals surface area contributed by atoms with E-state index >= 15 is 0 Å². The third-order valence-corrected chi connectivity index (χ3v) is 3.31. The Bertz CT molecular complexity index is 338. The highest BCUT2D eigenvalue weighted by molar-refractivity contribution is 9.10. The van der Waals surface area contributed by atoms with Gasteiger partial charge in [0.2, 0.25) is 0 Å². The largest absolute Gasteiger partial charge is 0.396 e. The van der Waals surface area contributed by atoms with Crippen LogP contribution in [0.15, 0.2) is 16.6 Å². The summed E-state index contributed by atoms with van der Waals surface area (Å²) in [7, 11) is 0. The second kappa shape index (κ2) is 3.39. The molecular formula is C10H10BrFO. The van der Waals surface area contributed by atoms with E-state index in [4.69, 9.17) is 5.11 Å². The van der Waals surface area contributed by atoms with Gasteiger partial charge in [0.1, 0.15) is 5.82 Å². The molecule has 2 rings (SSSR count). The van der Waals surface area contributed by atoms with E-state index in [-0.39, 0.29) is 18.3 Å². The Morgan fingerprint density at radius 2 is 2.31 bits per heavy atom. The van der Waals surface area contributed by atoms with Crippen molar-refractivity contribution in [1.29, 1.82) is 0 Å². The Labute approximate surface area is 84.7 Å². The number of aliphatic hydroxyl groups is 1. The highest BCUT2D eigenvalue weighted by Crippen LogP contribution is 2.37. The maximum absolute atomic E-state index is 13.0. The first kappa shape index (κ1) is 9.16. The number of benzene rings is 1. The molecule has 0 amide bonds. The predicted octanol–water partition coefficient (Wildman–Crippen LogP) is 2.61. The summed E-state index contributed by atoms with van der Waals surface area (Å²) in [5, 5.41) is 9.06. The summed E-state index contributed by atoms with van der Waals surface area (Å²) in [5.41, 5.74) is 2.12. The minimum Gasteiger partial charge on any atom is -0.396 e. The number of hydrogen-bond donors (Lipinski definition) is 1. The van der Waals surface area contributed by atoms with Gasteiger partial charge in [0, 0.05) is 17.0 Å². The molecule has 1 atom stereocenters. The van der Waals surface area contributed by atoms with Crippen molar-refractivity contribution >= 4 is 15.9 Å². The number of hydrogen-bond acceptors (Lipinski definition) is 1. The van der Waals surface area contributed by atoms with Crippen LogP contribution >= 0.6 is 15.9 Å². The highest BCUT2D eigenvalue weighted by atomic mass is 79.9. The van der Waals surface area contributed by atoms with E-state index in [9.17, 15) is 4.39 Å². The Balaban J connectivity index is 2.51. The lowest BCUT2D eigenvalue weighted by atomic mass is 10.0. The fraction of sp³-hybridized carbons (Fsp3) is 0.400. The normalized spacial score (nSPS) is 20.4. The Morgan fingerprint density at radius 1 is 1.54 bits per heavy atom. The van der Waals surface area contributed by atoms with Crippen molar-refractivity contribution in [3.05, 3.63) is 33.5 Å². The molecule has 1 aromatic rings. The standard InChI is InChI=1S/C10H10BrFO/c11-10-4-7(12)3-9-6(5-13)1-2-8(9)10/h3-4,6,13H,1-2,5H2. The zero-order chi connectivity index (χ0) is 9.42. The summed E-state index contributed by atoms with van der Waals surface area (Å²) in [6.45, 7) is 0.114. The van der Waals surface area contributed by atoms with E-state index in [2.05, 4.69) is 15.9 Å². The van der Waals surface area contributed by atoms with Gasteiger partial charge in [0.15, 0.2) is 0 Å². The molecule has 70 valence electrons. The molecule has 0 saturated heterocycles. The van der Waals surface area contributed by atoms with Gasteiger partial charge in [-0.05, 0) is 36.1 Å². The smallest absolute Gasteiger partial charge is 0.124 e. The van der Waals surface area contributed by atoms with Crippen LogP contribution in [0.4, 0.5) is 4.39 Å². The molecule has 1 aliphatic rings. The minimum atomic E-state index is -0.231. The van der Waals surface area contributed by atoms with E-state index in [1.807, 2.05) is 0 Å². The van der Waals surface area contributed by atoms with Crippen LogP contribution in [0.2, 0.25) is 0 Å². The fourth-order valence-electron chi connectivity index (χ4n) is 1.92. The van der Waals surface area contributed by atoms with Crippen molar-refractivity contribution in [2.45, 2.75) is 18.8 Å². The van der Waals surface area contributed by atoms with Crippen LogP contribution in [-0.4, -0.2) is 11.7 Å². The van der Waals surface area contributed by atoms with Crippen molar-refractivity contribution in [3.8, 4) is 0 Å². The Morgan fingerprint density at radius 3 is 3.00 bits per heavy atom. The molecule has 3 heteroatoms. The summed E-state index contributed by atoms with van der Waals surface area (Å²) in [6.07, 6.45) is 1.86. The van der Waals surface area contributed by atoms with Crippen molar-refractivity contribution in [2.24, 2.45) is 0 Å². The SMILES string of the molecule is OCC1CCc2c(Br)cc(F)cc21. The van der Waals surface area contributed by atoms with Crippen LogP contribution in [-0.2, 0) is 6.42 Å². The van der Waals surface area contributed by atoms with Crippen molar-refractivity contribution in [1.82, 2.24) is 0 Å². The lowest BCUT2D eigenvalue weighted by molar-refractivity contribution is 0.265. The second-order valence-corrected chi connectivity index (χ2v) is 4.23. The maximum Gasteiger partial charge on any atom is 0.124 e. The van der Waals surface area contributed by atoms with Crippen LogP contribution in [0.3, 0.4) is 0 Å². The number of aliphatic hydroxyl groups excluding tert-OH is 1. The van der Waals surface area contributed by atoms with Gasteiger partial charge in [0.25, 0.3) is 0 Å². The van der Waals surface area contributed by atoms with Gasteiger partial charge in [-0.15, -0.1) is 0 Å². The Hall–Kier alpha value is -0.410. The van der Waals surface area contributed by atoms with Crippen LogP contribution in [0.5, 0.6) is 0 Å². The number of halogens is 2. The third-order valence-electron chi connectivity index (χ3n) is 2.60. The van der Waals surface area contributed by atoms with Gasteiger partial charge >= 0.3 is 0 Å². The number of fused-ring (bicyclic) bond motifs is 1. The van der Waals surface area contributed by atoms with Crippen molar-refractivity contribution in [2.75, 3.05) is 6.61 Å². The minimum absolute atomic E-state index is 0.114. The molecule has 0 aromatic heterocycles. The maximum atomic E-state index is 13.0. The van der Waals surface area contributed by atoms with E-state index in [1.54, 1.807) is 0 Å². The first-order valence-electron chi connectivity index (χ1n) is 4.31. The summed E-state index contributed by atoms with van der Waals surface area (Å²) in [6, 6.07) is 3.02. The van der Waals surface area contributed by atoms with Crippen LogP contribution in [0, 0.1) is 5.82 Å². The number of rotatable bonds is 1. The van der Waals surface area contributed by atoms with Crippen LogP contribution in [0.1, 0.15) is 23.5 Å². The molecule has 0 radical (unpaired) electrons. The average Bonchev–Trinajstić information content (AvgIpc) is 2.47. The van der Waals surface area contributed by atoms with Crippen LogP contribution < -0.4 is 0 Å². The molecule has 1 aromatic carbocycles. The first-order valence-corrected chi connectivity index (χ1v) is 5.10. The molecule has 1 aliphatic carbocycles. The van der Waals surface area contributed by atoms with Gasteiger partial charge in [0.05, 0.1) is 0 Å². The van der Waals surface area contributed by atoms with Crippen molar-refractivity contribution in [3.63, 3.8) is 0 Å². The third kappa shape index (κ3) is 1.51. The average molecular weight is 245 g/mol. The van der Waals surface area contributed by atoms with Gasteiger partial charge in [-0.3, -0.25) is 0 Å². The van der Waals surface area contributed by atoms with Gasteiger partial charge in [-0.2, -0.15) is 0 Å². The molecule has 0 aliphatic heterocycles. The molecule has 0 fully saturated rings. The highest BCUT2D eigenvalue weighted by Gasteiger charge is 2.24. The van der Waals surface area contributed by atoms with Gasteiger partial charge in [-0.25, -0.2) is 4.39 Å². The molecular weight excluding hydrogens is 235 g/mol. The Kier molecular flexibility index (Phi) is 2.39. The van der Waals surface area contributed by atoms with Crippen molar-refractivity contribution < 1.29 is 9.50 Å². The summed E-state index contributed by atoms with van der Waals surface area (Å²) in [5.74, 6) is -0.104. The zero-order valence-corrected chi connectivity index (χ0v) is 8.64. The zero-order valence-electron chi connectivity index (χ0n) is 7.06. The van der Waals surface area contributed by atoms with Crippen LogP contribution in [0.25, 0.3) is 0 Å². The topological polar surface area (TPSA) is 20.2 Å². The summed E-state index contributed by atoms with van der Waals surface area (Å²) >= 11 is 3.33. The molecule has 1 unspecified atom stereocenters. The molecule has 0 spiro atoms. The van der Waals surface area contributed by atoms with E-state index in [0.29, 0.717) is 0 Å². The molecule has 0 heterocycles. The molecule has 13 heavy (non-hydrogen) atoms. The van der Waals surface area contributed by atoms with E-state index < -0.39 is 0 Å². The first-order chi connectivity index (χ1) is 6.22. The monoisotopic (exact) mass is 244 g/mol. The summed E-state index contributed by atoms with van der Waals surface area (Å²) in [4.78, 5) is 0. The summed E-state index contributed by atoms with van der Waals surface area (Å²) < 4.78 is 13.9. The molecule has 1 N–H and O–H groups in total. The predicted molar refractivity (Wildman–Crippen MR) is 52.2 cm³/mol. The lowest BCUT2D eigenvalue weighted by Gasteiger charge is -2.08. The van der Waals surface area contributed by atoms with E-state index in [0.717, 1.165) is 28.4 Å². The van der Waals surface area contributed by atoms with Gasteiger partial charge in [-0.1, -0.05) is 15.9 Å². The van der Waals surface area contributed by atoms with E-state index in [1.165, 1.54) is 12.1 Å². The lowest BCUT2D eigenvalue weighted by Crippen LogP contribution is -1.99. The molecule has 0 bridgehead atoms.